The summed E-state index contributed by atoms with van der Waals surface area (Å²) in [6, 6.07) is 7.52. The van der Waals surface area contributed by atoms with Gasteiger partial charge in [-0.2, -0.15) is 0 Å². The highest BCUT2D eigenvalue weighted by Gasteiger charge is 2.38. The number of piperidine rings is 1. The fourth-order valence-electron chi connectivity index (χ4n) is 3.83. The number of hydrogen-bond acceptors (Lipinski definition) is 4. The third-order valence-electron chi connectivity index (χ3n) is 5.14. The number of phenolic OH excluding ortho intramolecular Hbond substituents is 1. The first-order chi connectivity index (χ1) is 10.8. The molecule has 0 aliphatic carbocycles. The third kappa shape index (κ3) is 3.80. The molecule has 0 spiro atoms. The van der Waals surface area contributed by atoms with Crippen molar-refractivity contribution < 1.29 is 9.84 Å². The van der Waals surface area contributed by atoms with Crippen molar-refractivity contribution in [3.8, 4) is 5.75 Å². The van der Waals surface area contributed by atoms with Crippen LogP contribution in [-0.2, 0) is 11.3 Å². The fourth-order valence-corrected chi connectivity index (χ4v) is 3.83. The first-order valence-electron chi connectivity index (χ1n) is 8.60. The molecular weight excluding hydrogens is 276 g/mol. The van der Waals surface area contributed by atoms with Gasteiger partial charge in [0.1, 0.15) is 5.75 Å². The average molecular weight is 304 g/mol. The minimum Gasteiger partial charge on any atom is -0.508 e. The summed E-state index contributed by atoms with van der Waals surface area (Å²) in [5.41, 5.74) is 1.40. The molecule has 0 aromatic heterocycles. The molecule has 2 aliphatic heterocycles. The lowest BCUT2D eigenvalue weighted by Crippen LogP contribution is -2.59. The quantitative estimate of drug-likeness (QED) is 0.877. The van der Waals surface area contributed by atoms with E-state index in [1.807, 2.05) is 12.1 Å². The van der Waals surface area contributed by atoms with Crippen molar-refractivity contribution in [2.75, 3.05) is 32.8 Å². The number of hydrogen-bond donors (Lipinski definition) is 2. The first kappa shape index (κ1) is 15.8. The minimum absolute atomic E-state index is 0.259. The number of aromatic hydroxyl groups is 1. The Kier molecular flexibility index (Phi) is 5.34. The molecule has 1 aromatic carbocycles. The minimum atomic E-state index is 0.259. The zero-order valence-electron chi connectivity index (χ0n) is 13.4. The summed E-state index contributed by atoms with van der Waals surface area (Å²) in [6.07, 6.45) is 6.28. The van der Waals surface area contributed by atoms with Gasteiger partial charge in [-0.05, 0) is 56.5 Å². The predicted molar refractivity (Wildman–Crippen MR) is 88.0 cm³/mol. The SMILES string of the molecule is Oc1cccc(CNCC2(N3CCCCC3)CCOCC2)c1. The monoisotopic (exact) mass is 304 g/mol. The molecule has 122 valence electrons. The summed E-state index contributed by atoms with van der Waals surface area (Å²) in [7, 11) is 0. The van der Waals surface area contributed by atoms with Crippen LogP contribution >= 0.6 is 0 Å². The van der Waals surface area contributed by atoms with E-state index < -0.39 is 0 Å². The van der Waals surface area contributed by atoms with Crippen LogP contribution < -0.4 is 5.32 Å². The molecule has 4 heteroatoms. The summed E-state index contributed by atoms with van der Waals surface area (Å²) in [5, 5.41) is 13.2. The molecule has 2 aliphatic rings. The van der Waals surface area contributed by atoms with Crippen LogP contribution in [0.25, 0.3) is 0 Å². The summed E-state index contributed by atoms with van der Waals surface area (Å²) < 4.78 is 5.61. The van der Waals surface area contributed by atoms with Crippen LogP contribution in [0.1, 0.15) is 37.7 Å². The molecule has 0 bridgehead atoms. The number of nitrogens with zero attached hydrogens (tertiary/aromatic N) is 1. The molecule has 3 rings (SSSR count). The second-order valence-electron chi connectivity index (χ2n) is 6.66. The fraction of sp³-hybridized carbons (Fsp3) is 0.667. The Hall–Kier alpha value is -1.10. The zero-order valence-corrected chi connectivity index (χ0v) is 13.4. The van der Waals surface area contributed by atoms with Gasteiger partial charge in [0.15, 0.2) is 0 Å². The maximum atomic E-state index is 9.56. The van der Waals surface area contributed by atoms with Crippen molar-refractivity contribution in [1.29, 1.82) is 0 Å². The van der Waals surface area contributed by atoms with Crippen LogP contribution in [0.2, 0.25) is 0 Å². The van der Waals surface area contributed by atoms with Crippen molar-refractivity contribution in [3.05, 3.63) is 29.8 Å². The van der Waals surface area contributed by atoms with Gasteiger partial charge >= 0.3 is 0 Å². The Morgan fingerprint density at radius 2 is 1.91 bits per heavy atom. The van der Waals surface area contributed by atoms with E-state index in [1.165, 1.54) is 32.4 Å². The molecule has 2 saturated heterocycles. The topological polar surface area (TPSA) is 44.7 Å². The molecule has 0 atom stereocenters. The van der Waals surface area contributed by atoms with Crippen molar-refractivity contribution in [3.63, 3.8) is 0 Å². The Balaban J connectivity index is 1.60. The summed E-state index contributed by atoms with van der Waals surface area (Å²) in [5.74, 6) is 0.344. The van der Waals surface area contributed by atoms with Gasteiger partial charge in [-0.15, -0.1) is 0 Å². The molecule has 2 heterocycles. The summed E-state index contributed by atoms with van der Waals surface area (Å²) in [6.45, 7) is 6.03. The maximum absolute atomic E-state index is 9.56. The Bertz CT molecular complexity index is 466. The number of benzene rings is 1. The third-order valence-corrected chi connectivity index (χ3v) is 5.14. The van der Waals surface area contributed by atoms with Gasteiger partial charge in [-0.25, -0.2) is 0 Å². The second-order valence-corrected chi connectivity index (χ2v) is 6.66. The lowest BCUT2D eigenvalue weighted by atomic mass is 9.86. The lowest BCUT2D eigenvalue weighted by Gasteiger charge is -2.48. The van der Waals surface area contributed by atoms with Gasteiger partial charge in [-0.3, -0.25) is 4.90 Å². The smallest absolute Gasteiger partial charge is 0.115 e. The van der Waals surface area contributed by atoms with Crippen LogP contribution in [0.15, 0.2) is 24.3 Å². The lowest BCUT2D eigenvalue weighted by molar-refractivity contribution is -0.0358. The maximum Gasteiger partial charge on any atom is 0.115 e. The molecule has 0 saturated carbocycles. The molecule has 2 fully saturated rings. The largest absolute Gasteiger partial charge is 0.508 e. The normalized spacial score (nSPS) is 22.5. The van der Waals surface area contributed by atoms with Gasteiger partial charge in [-0.1, -0.05) is 18.6 Å². The van der Waals surface area contributed by atoms with E-state index in [-0.39, 0.29) is 5.54 Å². The van der Waals surface area contributed by atoms with E-state index in [0.29, 0.717) is 5.75 Å². The number of rotatable bonds is 5. The number of likely N-dealkylation sites (tertiary alicyclic amines) is 1. The van der Waals surface area contributed by atoms with E-state index >= 15 is 0 Å². The van der Waals surface area contributed by atoms with Crippen LogP contribution in [0.5, 0.6) is 5.75 Å². The van der Waals surface area contributed by atoms with Crippen molar-refractivity contribution in [2.45, 2.75) is 44.2 Å². The van der Waals surface area contributed by atoms with Crippen LogP contribution in [0.3, 0.4) is 0 Å². The molecular formula is C18H28N2O2. The second kappa shape index (κ2) is 7.44. The van der Waals surface area contributed by atoms with Gasteiger partial charge < -0.3 is 15.2 Å². The molecule has 2 N–H and O–H groups in total. The first-order valence-corrected chi connectivity index (χ1v) is 8.60. The van der Waals surface area contributed by atoms with Gasteiger partial charge in [0, 0.05) is 31.8 Å². The van der Waals surface area contributed by atoms with Crippen LogP contribution in [0, 0.1) is 0 Å². The highest BCUT2D eigenvalue weighted by atomic mass is 16.5. The van der Waals surface area contributed by atoms with Gasteiger partial charge in [0.2, 0.25) is 0 Å². The van der Waals surface area contributed by atoms with Crippen LogP contribution in [0.4, 0.5) is 0 Å². The highest BCUT2D eigenvalue weighted by Crippen LogP contribution is 2.30. The van der Waals surface area contributed by atoms with Crippen molar-refractivity contribution >= 4 is 0 Å². The molecule has 0 radical (unpaired) electrons. The Morgan fingerprint density at radius 1 is 1.14 bits per heavy atom. The summed E-state index contributed by atoms with van der Waals surface area (Å²) in [4.78, 5) is 2.70. The molecule has 0 amide bonds. The molecule has 22 heavy (non-hydrogen) atoms. The van der Waals surface area contributed by atoms with Gasteiger partial charge in [0.05, 0.1) is 0 Å². The Morgan fingerprint density at radius 3 is 2.64 bits per heavy atom. The predicted octanol–water partition coefficient (Wildman–Crippen LogP) is 2.52. The molecule has 1 aromatic rings. The van der Waals surface area contributed by atoms with E-state index in [4.69, 9.17) is 4.74 Å². The average Bonchev–Trinajstić information content (AvgIpc) is 2.57. The van der Waals surface area contributed by atoms with E-state index in [0.717, 1.165) is 44.7 Å². The van der Waals surface area contributed by atoms with Crippen molar-refractivity contribution in [2.24, 2.45) is 0 Å². The number of ether oxygens (including phenoxy) is 1. The van der Waals surface area contributed by atoms with Crippen molar-refractivity contribution in [1.82, 2.24) is 10.2 Å². The Labute approximate surface area is 133 Å². The molecule has 0 unspecified atom stereocenters. The van der Waals surface area contributed by atoms with Crippen LogP contribution in [-0.4, -0.2) is 48.4 Å². The van der Waals surface area contributed by atoms with E-state index in [2.05, 4.69) is 16.3 Å². The van der Waals surface area contributed by atoms with E-state index in [1.54, 1.807) is 6.07 Å². The number of nitrogens with one attached hydrogen (secondary N) is 1. The number of phenols is 1. The zero-order chi connectivity index (χ0) is 15.3. The summed E-state index contributed by atoms with van der Waals surface area (Å²) >= 11 is 0. The van der Waals surface area contributed by atoms with E-state index in [9.17, 15) is 5.11 Å². The van der Waals surface area contributed by atoms with Gasteiger partial charge in [0.25, 0.3) is 0 Å². The molecule has 4 nitrogen and oxygen atoms in total. The standard InChI is InChI=1S/C18H28N2O2/c21-17-6-4-5-16(13-17)14-19-15-18(7-11-22-12-8-18)20-9-2-1-3-10-20/h4-6,13,19,21H,1-3,7-12,14-15H2. The highest BCUT2D eigenvalue weighted by molar-refractivity contribution is 5.26.